The van der Waals surface area contributed by atoms with E-state index in [9.17, 15) is 9.18 Å². The lowest BCUT2D eigenvalue weighted by Gasteiger charge is -2.29. The zero-order valence-electron chi connectivity index (χ0n) is 16.7. The number of fused-ring (bicyclic) bond motifs is 1. The molecule has 0 saturated heterocycles. The Morgan fingerprint density at radius 3 is 2.71 bits per heavy atom. The molecule has 0 spiro atoms. The third-order valence-electron chi connectivity index (χ3n) is 4.93. The van der Waals surface area contributed by atoms with Crippen molar-refractivity contribution < 1.29 is 23.4 Å². The Morgan fingerprint density at radius 2 is 2.00 bits per heavy atom. The van der Waals surface area contributed by atoms with Crippen LogP contribution >= 0.6 is 0 Å². The topological polar surface area (TPSA) is 56.8 Å². The van der Waals surface area contributed by atoms with Crippen LogP contribution in [0.1, 0.15) is 31.9 Å². The van der Waals surface area contributed by atoms with E-state index in [1.54, 1.807) is 31.2 Å². The maximum atomic E-state index is 14.1. The van der Waals surface area contributed by atoms with Gasteiger partial charge >= 0.3 is 0 Å². The van der Waals surface area contributed by atoms with E-state index in [0.717, 1.165) is 12.0 Å². The molecule has 1 aliphatic rings. The molecule has 0 fully saturated rings. The maximum absolute atomic E-state index is 14.1. The van der Waals surface area contributed by atoms with E-state index in [0.29, 0.717) is 17.1 Å². The molecular formula is C22H26FNO4. The summed E-state index contributed by atoms with van der Waals surface area (Å²) in [5, 5.41) is 2.76. The average molecular weight is 387 g/mol. The van der Waals surface area contributed by atoms with Crippen molar-refractivity contribution in [1.29, 1.82) is 0 Å². The Balaban J connectivity index is 1.60. The first-order valence-corrected chi connectivity index (χ1v) is 9.25. The van der Waals surface area contributed by atoms with Crippen molar-refractivity contribution in [3.05, 3.63) is 59.4 Å². The van der Waals surface area contributed by atoms with Crippen molar-refractivity contribution in [3.63, 3.8) is 0 Å². The van der Waals surface area contributed by atoms with Gasteiger partial charge in [0.05, 0.1) is 6.54 Å². The summed E-state index contributed by atoms with van der Waals surface area (Å²) < 4.78 is 31.2. The second kappa shape index (κ2) is 7.80. The first kappa shape index (κ1) is 20.1. The number of carbonyl (C=O) groups excluding carboxylic acids is 1. The number of methoxy groups -OCH3 is 1. The fourth-order valence-electron chi connectivity index (χ4n) is 3.33. The summed E-state index contributed by atoms with van der Waals surface area (Å²) in [5.41, 5.74) is 0.177. The van der Waals surface area contributed by atoms with E-state index in [4.69, 9.17) is 14.2 Å². The van der Waals surface area contributed by atoms with E-state index in [-0.39, 0.29) is 30.5 Å². The molecule has 2 aromatic rings. The maximum Gasteiger partial charge on any atom is 0.258 e. The number of benzene rings is 2. The minimum Gasteiger partial charge on any atom is -0.483 e. The fourth-order valence-corrected chi connectivity index (χ4v) is 3.33. The van der Waals surface area contributed by atoms with Crippen LogP contribution in [-0.4, -0.2) is 31.8 Å². The highest BCUT2D eigenvalue weighted by atomic mass is 19.1. The van der Waals surface area contributed by atoms with Crippen molar-refractivity contribution in [2.24, 2.45) is 0 Å². The second-order valence-electron chi connectivity index (χ2n) is 7.76. The second-order valence-corrected chi connectivity index (χ2v) is 7.76. The van der Waals surface area contributed by atoms with Crippen molar-refractivity contribution in [2.75, 3.05) is 20.3 Å². The molecule has 2 aromatic carbocycles. The number of ether oxygens (including phenoxy) is 3. The Labute approximate surface area is 164 Å². The van der Waals surface area contributed by atoms with Gasteiger partial charge in [-0.15, -0.1) is 0 Å². The van der Waals surface area contributed by atoms with Crippen molar-refractivity contribution in [1.82, 2.24) is 5.32 Å². The van der Waals surface area contributed by atoms with Crippen LogP contribution < -0.4 is 14.8 Å². The Morgan fingerprint density at radius 1 is 1.25 bits per heavy atom. The lowest BCUT2D eigenvalue weighted by atomic mass is 9.95. The molecule has 0 bridgehead atoms. The zero-order valence-corrected chi connectivity index (χ0v) is 16.7. The van der Waals surface area contributed by atoms with Crippen molar-refractivity contribution in [3.8, 4) is 11.5 Å². The largest absolute Gasteiger partial charge is 0.483 e. The number of para-hydroxylation sites is 1. The third kappa shape index (κ3) is 4.28. The smallest absolute Gasteiger partial charge is 0.258 e. The first-order valence-electron chi connectivity index (χ1n) is 9.25. The number of halogens is 1. The van der Waals surface area contributed by atoms with E-state index < -0.39 is 5.60 Å². The highest BCUT2D eigenvalue weighted by molar-refractivity contribution is 5.77. The van der Waals surface area contributed by atoms with Gasteiger partial charge in [-0.05, 0) is 32.9 Å². The van der Waals surface area contributed by atoms with Gasteiger partial charge in [-0.3, -0.25) is 4.79 Å². The molecule has 1 atom stereocenters. The summed E-state index contributed by atoms with van der Waals surface area (Å²) in [6, 6.07) is 12.0. The summed E-state index contributed by atoms with van der Waals surface area (Å²) in [6.45, 7) is 5.70. The Kier molecular flexibility index (Phi) is 5.61. The molecule has 1 heterocycles. The quantitative estimate of drug-likeness (QED) is 0.789. The molecule has 1 N–H and O–H groups in total. The van der Waals surface area contributed by atoms with E-state index in [2.05, 4.69) is 5.32 Å². The van der Waals surface area contributed by atoms with E-state index in [1.807, 2.05) is 26.0 Å². The minimum absolute atomic E-state index is 0.114. The lowest BCUT2D eigenvalue weighted by Crippen LogP contribution is -2.42. The molecule has 3 rings (SSSR count). The van der Waals surface area contributed by atoms with Gasteiger partial charge in [0, 0.05) is 24.7 Å². The molecule has 0 aliphatic carbocycles. The highest BCUT2D eigenvalue weighted by Gasteiger charge is 2.33. The number of hydrogen-bond donors (Lipinski definition) is 1. The number of hydrogen-bond acceptors (Lipinski definition) is 4. The molecule has 0 radical (unpaired) electrons. The third-order valence-corrected chi connectivity index (χ3v) is 4.93. The predicted octanol–water partition coefficient (Wildman–Crippen LogP) is 3.60. The molecular weight excluding hydrogens is 361 g/mol. The normalized spacial score (nSPS) is 16.6. The van der Waals surface area contributed by atoms with Gasteiger partial charge in [0.1, 0.15) is 17.0 Å². The lowest BCUT2D eigenvalue weighted by molar-refractivity contribution is -0.124. The molecule has 1 amide bonds. The van der Waals surface area contributed by atoms with Crippen LogP contribution in [-0.2, 0) is 21.6 Å². The van der Waals surface area contributed by atoms with E-state index >= 15 is 0 Å². The monoisotopic (exact) mass is 387 g/mol. The summed E-state index contributed by atoms with van der Waals surface area (Å²) in [7, 11) is 1.49. The van der Waals surface area contributed by atoms with Gasteiger partial charge in [0.15, 0.2) is 18.1 Å². The molecule has 1 unspecified atom stereocenters. The number of amides is 1. The summed E-state index contributed by atoms with van der Waals surface area (Å²) in [4.78, 5) is 12.3. The van der Waals surface area contributed by atoms with Gasteiger partial charge in [-0.2, -0.15) is 0 Å². The summed E-state index contributed by atoms with van der Waals surface area (Å²) in [5.74, 6) is 0.529. The first-order chi connectivity index (χ1) is 13.2. The van der Waals surface area contributed by atoms with Crippen molar-refractivity contribution >= 4 is 5.91 Å². The minimum atomic E-state index is -0.984. The number of rotatable bonds is 7. The van der Waals surface area contributed by atoms with Crippen LogP contribution in [0.5, 0.6) is 11.5 Å². The summed E-state index contributed by atoms with van der Waals surface area (Å²) >= 11 is 0. The molecule has 28 heavy (non-hydrogen) atoms. The van der Waals surface area contributed by atoms with Gasteiger partial charge in [0.25, 0.3) is 5.91 Å². The van der Waals surface area contributed by atoms with Gasteiger partial charge in [0.2, 0.25) is 0 Å². The highest BCUT2D eigenvalue weighted by Crippen LogP contribution is 2.41. The fraction of sp³-hybridized carbons (Fsp3) is 0.409. The molecule has 6 heteroatoms. The predicted molar refractivity (Wildman–Crippen MR) is 104 cm³/mol. The molecule has 150 valence electrons. The van der Waals surface area contributed by atoms with Crippen LogP contribution in [0.15, 0.2) is 42.5 Å². The standard InChI is InChI=1S/C22H26FNO4/c1-21(2)12-15-8-7-11-18(20(15)28-21)27-13-19(25)24-14-22(3,26-4)16-9-5-6-10-17(16)23/h5-11H,12-14H2,1-4H3,(H,24,25). The molecule has 0 aromatic heterocycles. The molecule has 0 saturated carbocycles. The Bertz CT molecular complexity index is 867. The molecule has 1 aliphatic heterocycles. The van der Waals surface area contributed by atoms with Crippen LogP contribution in [0.2, 0.25) is 0 Å². The van der Waals surface area contributed by atoms with Crippen LogP contribution in [0.4, 0.5) is 4.39 Å². The number of nitrogens with one attached hydrogen (secondary N) is 1. The SMILES string of the molecule is COC(C)(CNC(=O)COc1cccc2c1OC(C)(C)C2)c1ccccc1F. The summed E-state index contributed by atoms with van der Waals surface area (Å²) in [6.07, 6.45) is 0.792. The number of carbonyl (C=O) groups is 1. The van der Waals surface area contributed by atoms with E-state index in [1.165, 1.54) is 13.2 Å². The van der Waals surface area contributed by atoms with Crippen LogP contribution in [0.25, 0.3) is 0 Å². The van der Waals surface area contributed by atoms with Gasteiger partial charge in [-0.25, -0.2) is 4.39 Å². The van der Waals surface area contributed by atoms with Gasteiger partial charge in [-0.1, -0.05) is 30.3 Å². The molecule has 5 nitrogen and oxygen atoms in total. The van der Waals surface area contributed by atoms with Crippen LogP contribution in [0, 0.1) is 5.82 Å². The van der Waals surface area contributed by atoms with Crippen LogP contribution in [0.3, 0.4) is 0 Å². The Hall–Kier alpha value is -2.60. The van der Waals surface area contributed by atoms with Crippen molar-refractivity contribution in [2.45, 2.75) is 38.4 Å². The zero-order chi connectivity index (χ0) is 20.4. The van der Waals surface area contributed by atoms with Gasteiger partial charge < -0.3 is 19.5 Å². The average Bonchev–Trinajstić information content (AvgIpc) is 2.99.